The van der Waals surface area contributed by atoms with Crippen LogP contribution in [0.1, 0.15) is 97.3 Å². The van der Waals surface area contributed by atoms with Gasteiger partial charge in [0.05, 0.1) is 28.5 Å². The van der Waals surface area contributed by atoms with E-state index in [1.807, 2.05) is 59.9 Å². The zero-order valence-corrected chi connectivity index (χ0v) is 32.7. The summed E-state index contributed by atoms with van der Waals surface area (Å²) in [5.41, 5.74) is 3.02. The Hall–Kier alpha value is -5.13. The van der Waals surface area contributed by atoms with Gasteiger partial charge in [-0.05, 0) is 81.2 Å². The second-order valence-corrected chi connectivity index (χ2v) is 16.3. The molecule has 2 aliphatic rings. The number of rotatable bonds is 12. The molecule has 302 valence electrons. The van der Waals surface area contributed by atoms with Gasteiger partial charge in [0, 0.05) is 0 Å². The van der Waals surface area contributed by atoms with E-state index in [0.717, 1.165) is 15.9 Å². The smallest absolute Gasteiger partial charge is 0.411 e. The van der Waals surface area contributed by atoms with Gasteiger partial charge in [-0.3, -0.25) is 9.69 Å². The number of nitrogens with one attached hydrogen (secondary N) is 1. The maximum Gasteiger partial charge on any atom is 0.411 e. The lowest BCUT2D eigenvalue weighted by molar-refractivity contribution is -0.164. The van der Waals surface area contributed by atoms with Crippen LogP contribution >= 0.6 is 11.6 Å². The molecular weight excluding hydrogens is 763 g/mol. The minimum Gasteiger partial charge on any atom is -0.447 e. The quantitative estimate of drug-likeness (QED) is 0.140. The zero-order chi connectivity index (χ0) is 41.6. The molecular formula is C37H44ClF5N10O3. The van der Waals surface area contributed by atoms with Gasteiger partial charge in [-0.25, -0.2) is 28.2 Å². The van der Waals surface area contributed by atoms with Crippen LogP contribution in [0, 0.1) is 5.41 Å². The first-order valence-corrected chi connectivity index (χ1v) is 18.0. The van der Waals surface area contributed by atoms with Gasteiger partial charge in [-0.2, -0.15) is 33.3 Å². The van der Waals surface area contributed by atoms with Crippen molar-refractivity contribution in [2.75, 3.05) is 6.61 Å². The summed E-state index contributed by atoms with van der Waals surface area (Å²) in [5, 5.41) is 14.7. The number of guanidine groups is 1. The molecule has 2 aromatic heterocycles. The van der Waals surface area contributed by atoms with Crippen LogP contribution in [0.15, 0.2) is 66.1 Å². The van der Waals surface area contributed by atoms with Crippen LogP contribution in [-0.2, 0) is 15.1 Å². The largest absolute Gasteiger partial charge is 0.447 e. The average molecular weight is 807 g/mol. The Labute approximate surface area is 325 Å². The lowest BCUT2D eigenvalue weighted by Gasteiger charge is -2.35. The average Bonchev–Trinajstić information content (AvgIpc) is 3.39. The van der Waals surface area contributed by atoms with Crippen molar-refractivity contribution < 1.29 is 36.3 Å². The van der Waals surface area contributed by atoms with Gasteiger partial charge < -0.3 is 15.8 Å². The highest BCUT2D eigenvalue weighted by Gasteiger charge is 2.64. The molecule has 56 heavy (non-hydrogen) atoms. The van der Waals surface area contributed by atoms with Crippen LogP contribution in [0.4, 0.5) is 26.7 Å². The normalized spacial score (nSPS) is 19.5. The summed E-state index contributed by atoms with van der Waals surface area (Å²) >= 11 is 6.44. The highest BCUT2D eigenvalue weighted by Crippen LogP contribution is 2.49. The number of nitrogens with zero attached hydrogens (tertiary/aromatic N) is 8. The summed E-state index contributed by atoms with van der Waals surface area (Å²) in [6.45, 7) is 16.9. The molecule has 2 amide bonds. The van der Waals surface area contributed by atoms with Gasteiger partial charge >= 0.3 is 12.3 Å². The number of hydrogen-bond acceptors (Lipinski definition) is 9. The molecule has 0 unspecified atom stereocenters. The molecule has 0 radical (unpaired) electrons. The maximum absolute atomic E-state index is 14.9. The van der Waals surface area contributed by atoms with Crippen molar-refractivity contribution in [3.05, 3.63) is 83.2 Å². The highest BCUT2D eigenvalue weighted by molar-refractivity contribution is 6.32. The molecule has 0 bridgehead atoms. The van der Waals surface area contributed by atoms with Crippen LogP contribution in [0.2, 0.25) is 5.02 Å². The van der Waals surface area contributed by atoms with E-state index in [0.29, 0.717) is 11.3 Å². The summed E-state index contributed by atoms with van der Waals surface area (Å²) in [6, 6.07) is 2.72. The topological polar surface area (TPSA) is 158 Å². The van der Waals surface area contributed by atoms with Crippen molar-refractivity contribution in [1.82, 2.24) is 40.0 Å². The monoisotopic (exact) mass is 806 g/mol. The van der Waals surface area contributed by atoms with Gasteiger partial charge in [-0.15, -0.1) is 0 Å². The fourth-order valence-electron chi connectivity index (χ4n) is 6.28. The van der Waals surface area contributed by atoms with Gasteiger partial charge in [0.25, 0.3) is 12.3 Å². The van der Waals surface area contributed by atoms with E-state index in [4.69, 9.17) is 27.1 Å². The summed E-state index contributed by atoms with van der Waals surface area (Å²) in [6.07, 6.45) is -2.07. The lowest BCUT2D eigenvalue weighted by Crippen LogP contribution is -2.50. The summed E-state index contributed by atoms with van der Waals surface area (Å²) in [7, 11) is 0. The Morgan fingerprint density at radius 3 is 2.36 bits per heavy atom. The van der Waals surface area contributed by atoms with Crippen LogP contribution in [0.25, 0.3) is 11.3 Å². The number of aliphatic imine (C=N–C) groups is 1. The molecule has 1 aromatic carbocycles. The molecule has 5 rings (SSSR count). The number of ether oxygens (including phenoxy) is 1. The van der Waals surface area contributed by atoms with Gasteiger partial charge in [0.15, 0.2) is 17.3 Å². The first-order valence-electron chi connectivity index (χ1n) is 17.6. The molecule has 19 heteroatoms. The number of nitrogens with two attached hydrogens (primary N) is 1. The van der Waals surface area contributed by atoms with E-state index in [2.05, 4.69) is 26.9 Å². The Bertz CT molecular complexity index is 2090. The predicted molar refractivity (Wildman–Crippen MR) is 199 cm³/mol. The highest BCUT2D eigenvalue weighted by atomic mass is 35.5. The number of carbonyl (C=O) groups is 2. The maximum atomic E-state index is 14.9. The van der Waals surface area contributed by atoms with Gasteiger partial charge in [-0.1, -0.05) is 63.2 Å². The van der Waals surface area contributed by atoms with Gasteiger partial charge in [0.2, 0.25) is 0 Å². The standard InChI is InChI=1S/C37H44ClF5N10O3/c1-9-22(25-17-46-53(50-25)34(6,7)8)11-10-21(2)36(19-33(3,4)5)30(54)51(31(44)48-36)27(18-56-32(55)49-35(14-15-35)37(41,42)43)23-12-13-24(38)26(16-23)52-29(28(39)40)45-20-47-52/h9-13,16-17,20,27-28H,2,14-15,18-19H2,1,3-8H3,(H2,44,48)(H,49,55)/b11-10-,22-9+/t27-,36-/m1/s1. The van der Waals surface area contributed by atoms with E-state index in [9.17, 15) is 31.5 Å². The Morgan fingerprint density at radius 2 is 1.80 bits per heavy atom. The minimum absolute atomic E-state index is 0.0308. The van der Waals surface area contributed by atoms with Crippen molar-refractivity contribution >= 4 is 35.1 Å². The number of aromatic nitrogens is 6. The molecule has 3 N–H and O–H groups in total. The van der Waals surface area contributed by atoms with Crippen LogP contribution < -0.4 is 11.1 Å². The lowest BCUT2D eigenvalue weighted by atomic mass is 9.75. The number of hydrogen-bond donors (Lipinski definition) is 2. The van der Waals surface area contributed by atoms with Crippen molar-refractivity contribution in [2.24, 2.45) is 16.1 Å². The number of allylic oxidation sites excluding steroid dienone is 3. The van der Waals surface area contributed by atoms with E-state index >= 15 is 0 Å². The van der Waals surface area contributed by atoms with Crippen molar-refractivity contribution in [1.29, 1.82) is 0 Å². The molecule has 0 spiro atoms. The molecule has 1 aliphatic carbocycles. The molecule has 13 nitrogen and oxygen atoms in total. The van der Waals surface area contributed by atoms with Crippen LogP contribution in [0.5, 0.6) is 0 Å². The van der Waals surface area contributed by atoms with Crippen molar-refractivity contribution in [2.45, 2.75) is 103 Å². The first kappa shape index (κ1) is 42.0. The Morgan fingerprint density at radius 1 is 1.12 bits per heavy atom. The van der Waals surface area contributed by atoms with Gasteiger partial charge in [0.1, 0.15) is 24.2 Å². The summed E-state index contributed by atoms with van der Waals surface area (Å²) < 4.78 is 75.0. The number of halogens is 6. The third-order valence-electron chi connectivity index (χ3n) is 9.28. The second-order valence-electron chi connectivity index (χ2n) is 15.9. The van der Waals surface area contributed by atoms with Crippen molar-refractivity contribution in [3.63, 3.8) is 0 Å². The zero-order valence-electron chi connectivity index (χ0n) is 32.0. The number of benzene rings is 1. The fraction of sp³-hybridized carbons (Fsp3) is 0.486. The van der Waals surface area contributed by atoms with E-state index in [1.54, 1.807) is 23.1 Å². The number of alkyl carbamates (subject to hydrolysis) is 1. The SMILES string of the molecule is C=C(/C=C\C(=C/C)c1cnn(C(C)(C)C)n1)[C@@]1(CC(C)(C)C)N=C(N)N([C@H](COC(=O)NC2(C(F)(F)F)CC2)c2ccc(Cl)c(-n3ncnc3C(F)F)c2)C1=O. The fourth-order valence-corrected chi connectivity index (χ4v) is 6.48. The molecule has 1 fully saturated rings. The molecule has 0 saturated heterocycles. The third kappa shape index (κ3) is 8.49. The van der Waals surface area contributed by atoms with E-state index in [1.165, 1.54) is 18.2 Å². The predicted octanol–water partition coefficient (Wildman–Crippen LogP) is 7.61. The number of carbonyl (C=O) groups excluding carboxylic acids is 2. The van der Waals surface area contributed by atoms with Crippen molar-refractivity contribution in [3.8, 4) is 5.69 Å². The first-order chi connectivity index (χ1) is 25.9. The van der Waals surface area contributed by atoms with Crippen LogP contribution in [-0.4, -0.2) is 76.5 Å². The third-order valence-corrected chi connectivity index (χ3v) is 9.59. The van der Waals surface area contributed by atoms with E-state index in [-0.39, 0.29) is 52.6 Å². The minimum atomic E-state index is -4.73. The Kier molecular flexibility index (Phi) is 11.3. The van der Waals surface area contributed by atoms with Crippen LogP contribution in [0.3, 0.4) is 0 Å². The second kappa shape index (κ2) is 15.1. The number of alkyl halides is 5. The molecule has 1 saturated carbocycles. The number of amides is 2. The molecule has 2 atom stereocenters. The molecule has 3 aromatic rings. The summed E-state index contributed by atoms with van der Waals surface area (Å²) in [5.74, 6) is -1.74. The Balaban J connectivity index is 1.55. The summed E-state index contributed by atoms with van der Waals surface area (Å²) in [4.78, 5) is 38.8. The molecule has 1 aliphatic heterocycles. The molecule has 3 heterocycles. The van der Waals surface area contributed by atoms with E-state index < -0.39 is 59.6 Å².